The molecule has 0 atom stereocenters. The Hall–Kier alpha value is -2.49. The summed E-state index contributed by atoms with van der Waals surface area (Å²) in [7, 11) is 0. The van der Waals surface area contributed by atoms with Crippen molar-refractivity contribution in [3.05, 3.63) is 59.2 Å². The predicted octanol–water partition coefficient (Wildman–Crippen LogP) is 3.37. The van der Waals surface area contributed by atoms with Gasteiger partial charge in [0.15, 0.2) is 0 Å². The zero-order valence-corrected chi connectivity index (χ0v) is 15.4. The van der Waals surface area contributed by atoms with E-state index in [1.165, 1.54) is 22.4 Å². The van der Waals surface area contributed by atoms with Gasteiger partial charge in [-0.25, -0.2) is 0 Å². The minimum atomic E-state index is 0.173. The summed E-state index contributed by atoms with van der Waals surface area (Å²) >= 11 is 0. The molecule has 25 heavy (non-hydrogen) atoms. The number of anilines is 2. The molecule has 1 amide bonds. The molecular formula is C21H27N3O. The third kappa shape index (κ3) is 4.13. The number of hydrogen-bond acceptors (Lipinski definition) is 3. The van der Waals surface area contributed by atoms with E-state index in [1.54, 1.807) is 0 Å². The molecule has 4 heteroatoms. The third-order valence-corrected chi connectivity index (χ3v) is 4.85. The molecule has 1 heterocycles. The number of hydrogen-bond donors (Lipinski definition) is 1. The lowest BCUT2D eigenvalue weighted by molar-refractivity contribution is -0.129. The predicted molar refractivity (Wildman–Crippen MR) is 104 cm³/mol. The quantitative estimate of drug-likeness (QED) is 0.929. The Kier molecular flexibility index (Phi) is 5.27. The normalized spacial score (nSPS) is 14.5. The summed E-state index contributed by atoms with van der Waals surface area (Å²) in [6, 6.07) is 14.7. The average molecular weight is 337 g/mol. The zero-order valence-electron chi connectivity index (χ0n) is 15.4. The Morgan fingerprint density at radius 3 is 2.16 bits per heavy atom. The van der Waals surface area contributed by atoms with Crippen LogP contribution >= 0.6 is 0 Å². The second-order valence-corrected chi connectivity index (χ2v) is 6.83. The van der Waals surface area contributed by atoms with Gasteiger partial charge in [-0.3, -0.25) is 4.79 Å². The lowest BCUT2D eigenvalue weighted by Gasteiger charge is -2.36. The molecule has 1 fully saturated rings. The first-order valence-electron chi connectivity index (χ1n) is 8.94. The van der Waals surface area contributed by atoms with Gasteiger partial charge in [0.1, 0.15) is 0 Å². The lowest BCUT2D eigenvalue weighted by atomic mass is 10.1. The fraction of sp³-hybridized carbons (Fsp3) is 0.381. The maximum Gasteiger partial charge on any atom is 0.241 e. The molecular weight excluding hydrogens is 310 g/mol. The van der Waals surface area contributed by atoms with E-state index in [9.17, 15) is 4.79 Å². The Morgan fingerprint density at radius 1 is 0.960 bits per heavy atom. The number of carbonyl (C=O) groups excluding carboxylic acids is 1. The highest BCUT2D eigenvalue weighted by molar-refractivity contribution is 5.81. The van der Waals surface area contributed by atoms with E-state index in [0.717, 1.165) is 31.9 Å². The number of carbonyl (C=O) groups is 1. The molecule has 132 valence electrons. The number of nitrogens with zero attached hydrogens (tertiary/aromatic N) is 2. The number of aryl methyl sites for hydroxylation is 3. The SMILES string of the molecule is Cc1cc(C)c(NCC(=O)N2CCN(c3ccccc3)CC2)c(C)c1. The van der Waals surface area contributed by atoms with E-state index < -0.39 is 0 Å². The average Bonchev–Trinajstić information content (AvgIpc) is 2.61. The van der Waals surface area contributed by atoms with Gasteiger partial charge in [0.2, 0.25) is 5.91 Å². The summed E-state index contributed by atoms with van der Waals surface area (Å²) in [5, 5.41) is 3.34. The van der Waals surface area contributed by atoms with Crippen molar-refractivity contribution in [3.8, 4) is 0 Å². The van der Waals surface area contributed by atoms with Crippen molar-refractivity contribution < 1.29 is 4.79 Å². The molecule has 4 nitrogen and oxygen atoms in total. The van der Waals surface area contributed by atoms with Crippen molar-refractivity contribution in [2.45, 2.75) is 20.8 Å². The fourth-order valence-corrected chi connectivity index (χ4v) is 3.59. The van der Waals surface area contributed by atoms with Crippen molar-refractivity contribution in [3.63, 3.8) is 0 Å². The summed E-state index contributed by atoms with van der Waals surface area (Å²) in [5.74, 6) is 0.173. The van der Waals surface area contributed by atoms with E-state index in [4.69, 9.17) is 0 Å². The molecule has 0 aromatic heterocycles. The number of piperazine rings is 1. The minimum Gasteiger partial charge on any atom is -0.376 e. The van der Waals surface area contributed by atoms with Crippen LogP contribution in [-0.4, -0.2) is 43.5 Å². The van der Waals surface area contributed by atoms with Crippen molar-refractivity contribution in [2.24, 2.45) is 0 Å². The molecule has 0 unspecified atom stereocenters. The van der Waals surface area contributed by atoms with Crippen LogP contribution in [0.4, 0.5) is 11.4 Å². The maximum absolute atomic E-state index is 12.5. The van der Waals surface area contributed by atoms with Crippen molar-refractivity contribution in [1.82, 2.24) is 4.90 Å². The number of amides is 1. The highest BCUT2D eigenvalue weighted by Gasteiger charge is 2.21. The summed E-state index contributed by atoms with van der Waals surface area (Å²) in [5.41, 5.74) is 5.96. The van der Waals surface area contributed by atoms with Crippen LogP contribution in [0.25, 0.3) is 0 Å². The van der Waals surface area contributed by atoms with Crippen LogP contribution < -0.4 is 10.2 Å². The number of nitrogens with one attached hydrogen (secondary N) is 1. The summed E-state index contributed by atoms with van der Waals surface area (Å²) in [6.45, 7) is 9.97. The van der Waals surface area contributed by atoms with E-state index in [-0.39, 0.29) is 5.91 Å². The highest BCUT2D eigenvalue weighted by Crippen LogP contribution is 2.22. The summed E-state index contributed by atoms with van der Waals surface area (Å²) in [4.78, 5) is 16.9. The van der Waals surface area contributed by atoms with Crippen LogP contribution in [0.3, 0.4) is 0 Å². The summed E-state index contributed by atoms with van der Waals surface area (Å²) < 4.78 is 0. The van der Waals surface area contributed by atoms with Crippen LogP contribution in [0.15, 0.2) is 42.5 Å². The standard InChI is InChI=1S/C21H27N3O/c1-16-13-17(2)21(18(3)14-16)22-15-20(25)24-11-9-23(10-12-24)19-7-5-4-6-8-19/h4-8,13-14,22H,9-12,15H2,1-3H3. The topological polar surface area (TPSA) is 35.6 Å². The van der Waals surface area contributed by atoms with E-state index in [0.29, 0.717) is 6.54 Å². The van der Waals surface area contributed by atoms with Gasteiger partial charge < -0.3 is 15.1 Å². The minimum absolute atomic E-state index is 0.173. The first-order chi connectivity index (χ1) is 12.0. The molecule has 1 saturated heterocycles. The lowest BCUT2D eigenvalue weighted by Crippen LogP contribution is -2.50. The van der Waals surface area contributed by atoms with E-state index in [2.05, 4.69) is 67.4 Å². The molecule has 1 aliphatic rings. The van der Waals surface area contributed by atoms with Crippen LogP contribution in [0.2, 0.25) is 0 Å². The molecule has 2 aromatic rings. The van der Waals surface area contributed by atoms with Crippen LogP contribution in [0, 0.1) is 20.8 Å². The van der Waals surface area contributed by atoms with Gasteiger partial charge in [-0.2, -0.15) is 0 Å². The van der Waals surface area contributed by atoms with Gasteiger partial charge in [0.05, 0.1) is 6.54 Å². The Bertz CT molecular complexity index is 711. The molecule has 1 N–H and O–H groups in total. The second kappa shape index (κ2) is 7.60. The molecule has 0 bridgehead atoms. The van der Waals surface area contributed by atoms with Crippen LogP contribution in [0.1, 0.15) is 16.7 Å². The molecule has 2 aromatic carbocycles. The van der Waals surface area contributed by atoms with Crippen molar-refractivity contribution in [1.29, 1.82) is 0 Å². The molecule has 0 saturated carbocycles. The largest absolute Gasteiger partial charge is 0.376 e. The Balaban J connectivity index is 1.53. The fourth-order valence-electron chi connectivity index (χ4n) is 3.59. The molecule has 0 aliphatic carbocycles. The maximum atomic E-state index is 12.5. The molecule has 0 spiro atoms. The number of rotatable bonds is 4. The van der Waals surface area contributed by atoms with Crippen molar-refractivity contribution >= 4 is 17.3 Å². The van der Waals surface area contributed by atoms with Crippen molar-refractivity contribution in [2.75, 3.05) is 42.9 Å². The van der Waals surface area contributed by atoms with Crippen LogP contribution in [0.5, 0.6) is 0 Å². The number of para-hydroxylation sites is 1. The van der Waals surface area contributed by atoms with Gasteiger partial charge in [-0.15, -0.1) is 0 Å². The second-order valence-electron chi connectivity index (χ2n) is 6.83. The highest BCUT2D eigenvalue weighted by atomic mass is 16.2. The van der Waals surface area contributed by atoms with Crippen LogP contribution in [-0.2, 0) is 4.79 Å². The molecule has 0 radical (unpaired) electrons. The number of benzene rings is 2. The van der Waals surface area contributed by atoms with Gasteiger partial charge >= 0.3 is 0 Å². The van der Waals surface area contributed by atoms with Gasteiger partial charge in [-0.05, 0) is 44.0 Å². The molecule has 3 rings (SSSR count). The summed E-state index contributed by atoms with van der Waals surface area (Å²) in [6.07, 6.45) is 0. The van der Waals surface area contributed by atoms with E-state index >= 15 is 0 Å². The van der Waals surface area contributed by atoms with E-state index in [1.807, 2.05) is 11.0 Å². The van der Waals surface area contributed by atoms with Gasteiger partial charge in [0.25, 0.3) is 0 Å². The Labute approximate surface area is 150 Å². The smallest absolute Gasteiger partial charge is 0.241 e. The molecule has 1 aliphatic heterocycles. The third-order valence-electron chi connectivity index (χ3n) is 4.85. The first kappa shape index (κ1) is 17.3. The van der Waals surface area contributed by atoms with Gasteiger partial charge in [0, 0.05) is 37.6 Å². The zero-order chi connectivity index (χ0) is 17.8. The van der Waals surface area contributed by atoms with Gasteiger partial charge in [-0.1, -0.05) is 35.9 Å². The monoisotopic (exact) mass is 337 g/mol. The first-order valence-corrected chi connectivity index (χ1v) is 8.94. The Morgan fingerprint density at radius 2 is 1.56 bits per heavy atom.